The molecule has 1 aromatic carbocycles. The summed E-state index contributed by atoms with van der Waals surface area (Å²) >= 11 is 0. The number of rotatable bonds is 7. The second-order valence-corrected chi connectivity index (χ2v) is 8.25. The third kappa shape index (κ3) is 5.32. The number of hydrogen-bond acceptors (Lipinski definition) is 4. The topological polar surface area (TPSA) is 87.5 Å². The highest BCUT2D eigenvalue weighted by Crippen LogP contribution is 2.23. The average Bonchev–Trinajstić information content (AvgIpc) is 3.21. The van der Waals surface area contributed by atoms with E-state index in [9.17, 15) is 9.59 Å². The van der Waals surface area contributed by atoms with Crippen LogP contribution in [0.2, 0.25) is 0 Å². The predicted molar refractivity (Wildman–Crippen MR) is 111 cm³/mol. The van der Waals surface area contributed by atoms with Crippen LogP contribution in [0.25, 0.3) is 0 Å². The molecule has 1 aliphatic heterocycles. The number of likely N-dealkylation sites (tertiary alicyclic amines) is 1. The van der Waals surface area contributed by atoms with Gasteiger partial charge in [-0.1, -0.05) is 30.3 Å². The molecule has 0 spiro atoms. The van der Waals surface area contributed by atoms with E-state index in [2.05, 4.69) is 10.6 Å². The molecular formula is C22H34N4O2. The molecule has 2 atom stereocenters. The summed E-state index contributed by atoms with van der Waals surface area (Å²) in [6.07, 6.45) is 6.49. The Hall–Kier alpha value is -1.92. The lowest BCUT2D eigenvalue weighted by molar-refractivity contribution is -0.140. The molecule has 2 aliphatic rings. The second-order valence-electron chi connectivity index (χ2n) is 8.25. The van der Waals surface area contributed by atoms with Crippen LogP contribution in [0.15, 0.2) is 30.3 Å². The van der Waals surface area contributed by atoms with Gasteiger partial charge in [-0.25, -0.2) is 0 Å². The molecule has 4 N–H and O–H groups in total. The molecule has 1 saturated heterocycles. The van der Waals surface area contributed by atoms with Gasteiger partial charge in [0.15, 0.2) is 0 Å². The fourth-order valence-corrected chi connectivity index (χ4v) is 4.42. The third-order valence-electron chi connectivity index (χ3n) is 6.22. The minimum Gasteiger partial charge on any atom is -0.354 e. The number of benzene rings is 1. The minimum absolute atomic E-state index is 0.00436. The molecular weight excluding hydrogens is 352 g/mol. The van der Waals surface area contributed by atoms with Gasteiger partial charge in [0.1, 0.15) is 6.04 Å². The molecule has 1 saturated carbocycles. The quantitative estimate of drug-likeness (QED) is 0.662. The SMILES string of the molecule is CN[C@H](Cc1ccccc1)C(=O)N1CCCC1C(=O)NCC1CCC(N)CC1. The Kier molecular flexibility index (Phi) is 7.45. The van der Waals surface area contributed by atoms with Crippen molar-refractivity contribution in [2.75, 3.05) is 20.1 Å². The Bertz CT molecular complexity index is 643. The number of nitrogens with one attached hydrogen (secondary N) is 2. The number of likely N-dealkylation sites (N-methyl/N-ethyl adjacent to an activating group) is 1. The van der Waals surface area contributed by atoms with Gasteiger partial charge in [0, 0.05) is 19.1 Å². The molecule has 0 aromatic heterocycles. The first-order valence-electron chi connectivity index (χ1n) is 10.6. The van der Waals surface area contributed by atoms with Crippen LogP contribution in [0, 0.1) is 5.92 Å². The van der Waals surface area contributed by atoms with E-state index in [1.165, 1.54) is 0 Å². The van der Waals surface area contributed by atoms with Crippen LogP contribution in [0.3, 0.4) is 0 Å². The number of hydrogen-bond donors (Lipinski definition) is 3. The number of carbonyl (C=O) groups is 2. The monoisotopic (exact) mass is 386 g/mol. The Balaban J connectivity index is 1.54. The third-order valence-corrected chi connectivity index (χ3v) is 6.22. The normalized spacial score (nSPS) is 26.1. The lowest BCUT2D eigenvalue weighted by Gasteiger charge is -2.30. The van der Waals surface area contributed by atoms with Gasteiger partial charge in [-0.15, -0.1) is 0 Å². The van der Waals surface area contributed by atoms with Crippen molar-refractivity contribution >= 4 is 11.8 Å². The summed E-state index contributed by atoms with van der Waals surface area (Å²) in [5, 5.41) is 6.25. The van der Waals surface area contributed by atoms with E-state index < -0.39 is 0 Å². The van der Waals surface area contributed by atoms with Crippen LogP contribution in [-0.2, 0) is 16.0 Å². The first-order valence-corrected chi connectivity index (χ1v) is 10.6. The van der Waals surface area contributed by atoms with Gasteiger partial charge in [0.2, 0.25) is 11.8 Å². The summed E-state index contributed by atoms with van der Waals surface area (Å²) in [5.74, 6) is 0.528. The summed E-state index contributed by atoms with van der Waals surface area (Å²) in [4.78, 5) is 27.7. The van der Waals surface area contributed by atoms with E-state index >= 15 is 0 Å². The number of nitrogens with two attached hydrogens (primary N) is 1. The predicted octanol–water partition coefficient (Wildman–Crippen LogP) is 1.44. The summed E-state index contributed by atoms with van der Waals surface area (Å²) in [7, 11) is 1.81. The van der Waals surface area contributed by atoms with E-state index in [0.717, 1.165) is 44.1 Å². The maximum Gasteiger partial charge on any atom is 0.242 e. The van der Waals surface area contributed by atoms with Crippen molar-refractivity contribution in [1.29, 1.82) is 0 Å². The molecule has 2 fully saturated rings. The van der Waals surface area contributed by atoms with Crippen molar-refractivity contribution in [2.24, 2.45) is 11.7 Å². The van der Waals surface area contributed by atoms with Crippen molar-refractivity contribution in [3.05, 3.63) is 35.9 Å². The van der Waals surface area contributed by atoms with Crippen molar-refractivity contribution in [2.45, 2.75) is 63.1 Å². The van der Waals surface area contributed by atoms with Crippen molar-refractivity contribution in [1.82, 2.24) is 15.5 Å². The van der Waals surface area contributed by atoms with Gasteiger partial charge in [0.25, 0.3) is 0 Å². The maximum atomic E-state index is 13.1. The van der Waals surface area contributed by atoms with E-state index in [1.54, 1.807) is 4.90 Å². The molecule has 6 nitrogen and oxygen atoms in total. The van der Waals surface area contributed by atoms with Crippen LogP contribution in [-0.4, -0.2) is 55.0 Å². The summed E-state index contributed by atoms with van der Waals surface area (Å²) in [5.41, 5.74) is 7.08. The molecule has 1 aliphatic carbocycles. The Labute approximate surface area is 168 Å². The van der Waals surface area contributed by atoms with Crippen LogP contribution in [0.1, 0.15) is 44.1 Å². The minimum atomic E-state index is -0.343. The van der Waals surface area contributed by atoms with Gasteiger partial charge in [-0.2, -0.15) is 0 Å². The maximum absolute atomic E-state index is 13.1. The van der Waals surface area contributed by atoms with Gasteiger partial charge in [0.05, 0.1) is 6.04 Å². The van der Waals surface area contributed by atoms with E-state index in [-0.39, 0.29) is 23.9 Å². The lowest BCUT2D eigenvalue weighted by Crippen LogP contribution is -2.53. The standard InChI is InChI=1S/C22H34N4O2/c1-24-19(14-16-6-3-2-4-7-16)22(28)26-13-5-8-20(26)21(27)25-15-17-9-11-18(23)12-10-17/h2-4,6-7,17-20,24H,5,8-15,23H2,1H3,(H,25,27)/t17?,18?,19-,20?/m1/s1. The van der Waals surface area contributed by atoms with Crippen molar-refractivity contribution < 1.29 is 9.59 Å². The first-order chi connectivity index (χ1) is 13.6. The average molecular weight is 387 g/mol. The van der Waals surface area contributed by atoms with E-state index in [0.29, 0.717) is 31.5 Å². The summed E-state index contributed by atoms with van der Waals surface area (Å²) in [6.45, 7) is 1.35. The molecule has 1 unspecified atom stereocenters. The molecule has 1 heterocycles. The molecule has 0 bridgehead atoms. The molecule has 154 valence electrons. The fraction of sp³-hybridized carbons (Fsp3) is 0.636. The van der Waals surface area contributed by atoms with Gasteiger partial charge in [-0.3, -0.25) is 9.59 Å². The molecule has 6 heteroatoms. The zero-order valence-corrected chi connectivity index (χ0v) is 16.9. The van der Waals surface area contributed by atoms with Gasteiger partial charge < -0.3 is 21.3 Å². The highest BCUT2D eigenvalue weighted by Gasteiger charge is 2.36. The second kappa shape index (κ2) is 10.0. The molecule has 2 amide bonds. The Morgan fingerprint density at radius 2 is 1.86 bits per heavy atom. The largest absolute Gasteiger partial charge is 0.354 e. The number of carbonyl (C=O) groups excluding carboxylic acids is 2. The van der Waals surface area contributed by atoms with Crippen molar-refractivity contribution in [3.8, 4) is 0 Å². The summed E-state index contributed by atoms with van der Waals surface area (Å²) < 4.78 is 0. The molecule has 1 aromatic rings. The highest BCUT2D eigenvalue weighted by atomic mass is 16.2. The van der Waals surface area contributed by atoms with Crippen LogP contribution >= 0.6 is 0 Å². The molecule has 28 heavy (non-hydrogen) atoms. The molecule has 3 rings (SSSR count). The Morgan fingerprint density at radius 1 is 1.14 bits per heavy atom. The Morgan fingerprint density at radius 3 is 2.54 bits per heavy atom. The van der Waals surface area contributed by atoms with Crippen LogP contribution in [0.4, 0.5) is 0 Å². The van der Waals surface area contributed by atoms with E-state index in [1.807, 2.05) is 37.4 Å². The van der Waals surface area contributed by atoms with Crippen LogP contribution < -0.4 is 16.4 Å². The van der Waals surface area contributed by atoms with Crippen molar-refractivity contribution in [3.63, 3.8) is 0 Å². The van der Waals surface area contributed by atoms with Crippen LogP contribution in [0.5, 0.6) is 0 Å². The van der Waals surface area contributed by atoms with Gasteiger partial charge in [-0.05, 0) is 63.5 Å². The fourth-order valence-electron chi connectivity index (χ4n) is 4.42. The number of amides is 2. The summed E-state index contributed by atoms with van der Waals surface area (Å²) in [6, 6.07) is 9.66. The zero-order chi connectivity index (χ0) is 19.9. The zero-order valence-electron chi connectivity index (χ0n) is 16.9. The molecule has 0 radical (unpaired) electrons. The smallest absolute Gasteiger partial charge is 0.242 e. The number of nitrogens with zero attached hydrogens (tertiary/aromatic N) is 1. The highest BCUT2D eigenvalue weighted by molar-refractivity contribution is 5.90. The lowest BCUT2D eigenvalue weighted by atomic mass is 9.86. The first kappa shape index (κ1) is 20.8. The van der Waals surface area contributed by atoms with Gasteiger partial charge >= 0.3 is 0 Å². The van der Waals surface area contributed by atoms with E-state index in [4.69, 9.17) is 5.73 Å².